The lowest BCUT2D eigenvalue weighted by Crippen LogP contribution is -2.62. The van der Waals surface area contributed by atoms with Crippen LogP contribution in [0, 0.1) is 5.92 Å². The molecule has 0 aliphatic carbocycles. The Labute approximate surface area is 242 Å². The number of rotatable bonds is 18. The first-order valence-corrected chi connectivity index (χ1v) is 13.1. The quantitative estimate of drug-likeness (QED) is 0.0697. The number of aliphatic carboxylic acids is 1. The molecule has 0 aromatic heterocycles. The van der Waals surface area contributed by atoms with E-state index >= 15 is 0 Å². The van der Waals surface area contributed by atoms with Gasteiger partial charge in [0.2, 0.25) is 35.4 Å². The van der Waals surface area contributed by atoms with Gasteiger partial charge in [0.15, 0.2) is 0 Å². The van der Waals surface area contributed by atoms with E-state index in [2.05, 4.69) is 26.6 Å². The van der Waals surface area contributed by atoms with Gasteiger partial charge < -0.3 is 58.1 Å². The van der Waals surface area contributed by atoms with Crippen LogP contribution in [0.15, 0.2) is 0 Å². The smallest absolute Gasteiger partial charge is 0.328 e. The molecular weight excluding hydrogens is 562 g/mol. The molecule has 0 bridgehead atoms. The summed E-state index contributed by atoms with van der Waals surface area (Å²) in [6, 6.07) is -8.47. The summed E-state index contributed by atoms with van der Waals surface area (Å²) >= 11 is 0. The minimum atomic E-state index is -1.65. The van der Waals surface area contributed by atoms with Gasteiger partial charge in [-0.1, -0.05) is 13.8 Å². The Balaban J connectivity index is 5.55. The molecule has 0 aliphatic rings. The summed E-state index contributed by atoms with van der Waals surface area (Å²) in [6.07, 6.45) is -1.45. The second-order valence-corrected chi connectivity index (χ2v) is 9.97. The summed E-state index contributed by atoms with van der Waals surface area (Å²) in [4.78, 5) is 85.7. The van der Waals surface area contributed by atoms with Gasteiger partial charge in [0, 0.05) is 0 Å². The number of carboxylic acid groups (broad SMARTS) is 1. The highest BCUT2D eigenvalue weighted by Crippen LogP contribution is 2.07. The van der Waals surface area contributed by atoms with Gasteiger partial charge in [-0.3, -0.25) is 28.8 Å². The van der Waals surface area contributed by atoms with E-state index in [0.29, 0.717) is 0 Å². The van der Waals surface area contributed by atoms with Crippen LogP contribution in [0.25, 0.3) is 0 Å². The zero-order valence-electron chi connectivity index (χ0n) is 24.2. The van der Waals surface area contributed by atoms with Crippen LogP contribution in [0.1, 0.15) is 41.0 Å². The van der Waals surface area contributed by atoms with E-state index < -0.39 is 97.0 Å². The van der Waals surface area contributed by atoms with Gasteiger partial charge in [0.25, 0.3) is 0 Å². The van der Waals surface area contributed by atoms with Gasteiger partial charge >= 0.3 is 5.97 Å². The number of aliphatic hydroxyl groups is 3. The fraction of sp³-hybridized carbons (Fsp3) is 0.708. The number of carbonyl (C=O) groups is 7. The maximum atomic E-state index is 13.0. The van der Waals surface area contributed by atoms with E-state index in [-0.39, 0.29) is 18.9 Å². The normalized spacial score (nSPS) is 16.0. The summed E-state index contributed by atoms with van der Waals surface area (Å²) in [5.74, 6) is -6.95. The third-order valence-corrected chi connectivity index (χ3v) is 5.72. The molecule has 240 valence electrons. The van der Waals surface area contributed by atoms with Crippen molar-refractivity contribution in [2.75, 3.05) is 19.8 Å². The van der Waals surface area contributed by atoms with Crippen LogP contribution in [0.2, 0.25) is 0 Å². The molecule has 0 heterocycles. The van der Waals surface area contributed by atoms with Gasteiger partial charge in [-0.25, -0.2) is 4.79 Å². The Morgan fingerprint density at radius 1 is 0.619 bits per heavy atom. The molecule has 0 fully saturated rings. The molecule has 0 saturated heterocycles. The van der Waals surface area contributed by atoms with Crippen LogP contribution in [-0.4, -0.2) is 124 Å². The van der Waals surface area contributed by atoms with Crippen molar-refractivity contribution < 1.29 is 54.0 Å². The van der Waals surface area contributed by atoms with Crippen LogP contribution < -0.4 is 37.6 Å². The number of hydrogen-bond acceptors (Lipinski definition) is 11. The molecule has 18 heteroatoms. The first-order chi connectivity index (χ1) is 19.5. The number of aliphatic hydroxyl groups excluding tert-OH is 3. The zero-order valence-corrected chi connectivity index (χ0v) is 24.2. The predicted molar refractivity (Wildman–Crippen MR) is 145 cm³/mol. The lowest BCUT2D eigenvalue weighted by molar-refractivity contribution is -0.143. The molecule has 18 nitrogen and oxygen atoms in total. The predicted octanol–water partition coefficient (Wildman–Crippen LogP) is -5.61. The molecule has 0 aromatic rings. The van der Waals surface area contributed by atoms with E-state index in [1.165, 1.54) is 20.8 Å². The first-order valence-electron chi connectivity index (χ1n) is 13.1. The van der Waals surface area contributed by atoms with Crippen molar-refractivity contribution in [3.05, 3.63) is 0 Å². The van der Waals surface area contributed by atoms with Crippen molar-refractivity contribution in [3.63, 3.8) is 0 Å². The van der Waals surface area contributed by atoms with E-state index in [4.69, 9.17) is 15.9 Å². The van der Waals surface area contributed by atoms with Crippen molar-refractivity contribution in [3.8, 4) is 0 Å². The van der Waals surface area contributed by atoms with Gasteiger partial charge in [-0.05, 0) is 33.1 Å². The van der Waals surface area contributed by atoms with Gasteiger partial charge in [0.05, 0.1) is 25.9 Å². The maximum Gasteiger partial charge on any atom is 0.328 e. The summed E-state index contributed by atoms with van der Waals surface area (Å²) < 4.78 is 0. The fourth-order valence-corrected chi connectivity index (χ4v) is 3.34. The van der Waals surface area contributed by atoms with E-state index in [1.54, 1.807) is 13.8 Å². The monoisotopic (exact) mass is 605 g/mol. The van der Waals surface area contributed by atoms with Crippen LogP contribution >= 0.6 is 0 Å². The highest BCUT2D eigenvalue weighted by Gasteiger charge is 2.34. The van der Waals surface area contributed by atoms with Gasteiger partial charge in [0.1, 0.15) is 36.3 Å². The first kappa shape index (κ1) is 38.1. The van der Waals surface area contributed by atoms with Crippen molar-refractivity contribution in [2.24, 2.45) is 11.7 Å². The second-order valence-electron chi connectivity index (χ2n) is 9.97. The van der Waals surface area contributed by atoms with Crippen LogP contribution in [0.5, 0.6) is 0 Å². The molecule has 0 radical (unpaired) electrons. The molecule has 0 unspecified atom stereocenters. The van der Waals surface area contributed by atoms with Crippen molar-refractivity contribution in [1.29, 1.82) is 0 Å². The molecule has 42 heavy (non-hydrogen) atoms. The highest BCUT2D eigenvalue weighted by atomic mass is 16.4. The summed E-state index contributed by atoms with van der Waals surface area (Å²) in [5.41, 5.74) is 5.18. The largest absolute Gasteiger partial charge is 0.480 e. The Morgan fingerprint density at radius 2 is 1.07 bits per heavy atom. The number of carbonyl (C=O) groups excluding carboxylic acids is 6. The number of hydrogen-bond donors (Lipinski definition) is 11. The standard InChI is InChI=1S/C24H43N7O11/c1-10(2)6-14(21(38)27-12(4)20(37)30-16(9-33)24(41)42)28-23(40)18(13(5)34)31-22(39)15(8-32)29-19(36)11(3)26-17(35)7-25/h10-16,18,32-34H,6-9,25H2,1-5H3,(H,26,35)(H,27,38)(H,28,40)(H,29,36)(H,30,37)(H,31,39)(H,41,42)/t11-,12-,13+,14-,15-,16-,18-/m0/s1. The molecule has 7 atom stereocenters. The second kappa shape index (κ2) is 18.5. The minimum Gasteiger partial charge on any atom is -0.480 e. The molecule has 0 aliphatic heterocycles. The summed E-state index contributed by atoms with van der Waals surface area (Å²) in [7, 11) is 0. The van der Waals surface area contributed by atoms with Crippen LogP contribution in [0.3, 0.4) is 0 Å². The lowest BCUT2D eigenvalue weighted by Gasteiger charge is -2.28. The summed E-state index contributed by atoms with van der Waals surface area (Å²) in [5, 5.41) is 51.3. The SMILES string of the molecule is CC(C)C[C@H](NC(=O)[C@@H](NC(=O)[C@H](CO)NC(=O)[C@H](C)NC(=O)CN)[C@@H](C)O)C(=O)N[C@@H](C)C(=O)N[C@@H](CO)C(=O)O. The molecular formula is C24H43N7O11. The average Bonchev–Trinajstić information content (AvgIpc) is 2.91. The highest BCUT2D eigenvalue weighted by molar-refractivity contribution is 5.96. The molecule has 6 amide bonds. The number of nitrogens with one attached hydrogen (secondary N) is 6. The number of carboxylic acids is 1. The van der Waals surface area contributed by atoms with Crippen molar-refractivity contribution in [1.82, 2.24) is 31.9 Å². The lowest BCUT2D eigenvalue weighted by atomic mass is 10.0. The molecule has 0 saturated carbocycles. The van der Waals surface area contributed by atoms with Crippen molar-refractivity contribution >= 4 is 41.4 Å². The fourth-order valence-electron chi connectivity index (χ4n) is 3.34. The number of amides is 6. The topological polar surface area (TPSA) is 299 Å². The average molecular weight is 606 g/mol. The third kappa shape index (κ3) is 13.2. The molecule has 0 rings (SSSR count). The molecule has 12 N–H and O–H groups in total. The van der Waals surface area contributed by atoms with E-state index in [0.717, 1.165) is 0 Å². The van der Waals surface area contributed by atoms with Crippen LogP contribution in [-0.2, 0) is 33.6 Å². The Bertz CT molecular complexity index is 976. The van der Waals surface area contributed by atoms with E-state index in [9.17, 15) is 43.8 Å². The van der Waals surface area contributed by atoms with E-state index in [1.807, 2.05) is 5.32 Å². The molecule has 0 spiro atoms. The van der Waals surface area contributed by atoms with Gasteiger partial charge in [-0.15, -0.1) is 0 Å². The molecule has 0 aromatic carbocycles. The van der Waals surface area contributed by atoms with Crippen molar-refractivity contribution in [2.45, 2.75) is 83.4 Å². The minimum absolute atomic E-state index is 0.0580. The zero-order chi connectivity index (χ0) is 32.7. The third-order valence-electron chi connectivity index (χ3n) is 5.72. The Kier molecular flexibility index (Phi) is 16.8. The number of nitrogens with two attached hydrogens (primary N) is 1. The summed E-state index contributed by atoms with van der Waals surface area (Å²) in [6.45, 7) is 5.03. The Morgan fingerprint density at radius 3 is 1.50 bits per heavy atom. The van der Waals surface area contributed by atoms with Crippen LogP contribution in [0.4, 0.5) is 0 Å². The Hall–Kier alpha value is -3.87. The maximum absolute atomic E-state index is 13.0. The van der Waals surface area contributed by atoms with Gasteiger partial charge in [-0.2, -0.15) is 0 Å².